The average Bonchev–Trinajstić information content (AvgIpc) is 3.29. The maximum atomic E-state index is 13.4. The molecule has 0 atom stereocenters. The molecule has 1 saturated heterocycles. The van der Waals surface area contributed by atoms with Gasteiger partial charge in [-0.15, -0.1) is 22.6 Å². The number of benzene rings is 2. The van der Waals surface area contributed by atoms with E-state index < -0.39 is 29.0 Å². The molecule has 2 aromatic heterocycles. The quantitative estimate of drug-likeness (QED) is 0.373. The number of alkyl halides is 3. The van der Waals surface area contributed by atoms with Gasteiger partial charge in [-0.3, -0.25) is 9.48 Å². The van der Waals surface area contributed by atoms with Crippen LogP contribution in [0.2, 0.25) is 0 Å². The van der Waals surface area contributed by atoms with E-state index in [0.29, 0.717) is 37.8 Å². The molecular weight excluding hydrogens is 512 g/mol. The van der Waals surface area contributed by atoms with Crippen LogP contribution >= 0.6 is 12.4 Å². The van der Waals surface area contributed by atoms with E-state index in [2.05, 4.69) is 25.5 Å². The van der Waals surface area contributed by atoms with Crippen molar-refractivity contribution in [3.63, 3.8) is 0 Å². The Morgan fingerprint density at radius 2 is 1.73 bits per heavy atom. The smallest absolute Gasteiger partial charge is 0.354 e. The van der Waals surface area contributed by atoms with Crippen molar-refractivity contribution in [1.29, 1.82) is 0 Å². The zero-order valence-corrected chi connectivity index (χ0v) is 20.5. The highest BCUT2D eigenvalue weighted by Gasteiger charge is 2.36. The fraction of sp³-hybridized carbons (Fsp3) is 0.280. The number of nitrogens with zero attached hydrogens (tertiary/aromatic N) is 5. The van der Waals surface area contributed by atoms with Crippen molar-refractivity contribution < 1.29 is 22.4 Å². The molecule has 3 heterocycles. The Bertz CT molecular complexity index is 1430. The second kappa shape index (κ2) is 10.3. The fourth-order valence-electron chi connectivity index (χ4n) is 4.57. The number of fused-ring (bicyclic) bond motifs is 1. The molecule has 0 radical (unpaired) electrons. The Labute approximate surface area is 215 Å². The van der Waals surface area contributed by atoms with E-state index in [1.165, 1.54) is 0 Å². The minimum Gasteiger partial charge on any atom is -0.354 e. The summed E-state index contributed by atoms with van der Waals surface area (Å²) >= 11 is 0. The van der Waals surface area contributed by atoms with Crippen molar-refractivity contribution in [3.8, 4) is 11.4 Å². The zero-order valence-electron chi connectivity index (χ0n) is 19.7. The van der Waals surface area contributed by atoms with Crippen molar-refractivity contribution in [2.45, 2.75) is 25.1 Å². The van der Waals surface area contributed by atoms with Crippen LogP contribution in [0.3, 0.4) is 0 Å². The van der Waals surface area contributed by atoms with Crippen LogP contribution in [0.1, 0.15) is 28.8 Å². The van der Waals surface area contributed by atoms with Crippen molar-refractivity contribution in [1.82, 2.24) is 25.3 Å². The van der Waals surface area contributed by atoms with Crippen LogP contribution in [-0.4, -0.2) is 45.0 Å². The maximum absolute atomic E-state index is 13.4. The van der Waals surface area contributed by atoms with Crippen LogP contribution < -0.4 is 10.2 Å². The second-order valence-corrected chi connectivity index (χ2v) is 8.68. The van der Waals surface area contributed by atoms with Gasteiger partial charge in [-0.05, 0) is 37.1 Å². The second-order valence-electron chi connectivity index (χ2n) is 8.68. The van der Waals surface area contributed by atoms with Gasteiger partial charge in [0.1, 0.15) is 11.5 Å². The Morgan fingerprint density at radius 3 is 2.38 bits per heavy atom. The Morgan fingerprint density at radius 1 is 1.03 bits per heavy atom. The molecule has 1 fully saturated rings. The molecule has 1 amide bonds. The number of aryl methyl sites for hydroxylation is 1. The Balaban J connectivity index is 0.00000320. The molecule has 2 aromatic carbocycles. The molecular formula is C25H23ClF4N6O. The number of hydrogen-bond acceptors (Lipinski definition) is 5. The first-order valence-electron chi connectivity index (χ1n) is 11.4. The highest BCUT2D eigenvalue weighted by molar-refractivity contribution is 6.00. The molecule has 37 heavy (non-hydrogen) atoms. The van der Waals surface area contributed by atoms with E-state index in [1.54, 1.807) is 10.9 Å². The normalized spacial score (nSPS) is 14.5. The third-order valence-electron chi connectivity index (χ3n) is 6.39. The van der Waals surface area contributed by atoms with E-state index in [4.69, 9.17) is 0 Å². The van der Waals surface area contributed by atoms with E-state index in [0.717, 1.165) is 34.3 Å². The van der Waals surface area contributed by atoms with Gasteiger partial charge in [0.15, 0.2) is 5.82 Å². The van der Waals surface area contributed by atoms with Crippen LogP contribution in [0.25, 0.3) is 22.2 Å². The number of nitrogens with one attached hydrogen (secondary N) is 1. The van der Waals surface area contributed by atoms with Gasteiger partial charge in [-0.2, -0.15) is 18.3 Å². The molecule has 7 nitrogen and oxygen atoms in total. The topological polar surface area (TPSA) is 75.9 Å². The summed E-state index contributed by atoms with van der Waals surface area (Å²) in [6.07, 6.45) is -2.12. The number of halogens is 5. The summed E-state index contributed by atoms with van der Waals surface area (Å²) in [6, 6.07) is 11.4. The van der Waals surface area contributed by atoms with Crippen molar-refractivity contribution in [3.05, 3.63) is 71.7 Å². The number of aromatic nitrogens is 4. The molecule has 4 aromatic rings. The molecule has 0 unspecified atom stereocenters. The minimum absolute atomic E-state index is 0. The van der Waals surface area contributed by atoms with Crippen molar-refractivity contribution in [2.24, 2.45) is 7.05 Å². The van der Waals surface area contributed by atoms with E-state index in [1.807, 2.05) is 37.4 Å². The van der Waals surface area contributed by atoms with Gasteiger partial charge in [0.25, 0.3) is 5.91 Å². The minimum atomic E-state index is -4.83. The van der Waals surface area contributed by atoms with Gasteiger partial charge in [0.2, 0.25) is 0 Å². The number of carbonyl (C=O) groups excluding carboxylic acids is 1. The number of piperidine rings is 1. The lowest BCUT2D eigenvalue weighted by Crippen LogP contribution is -2.45. The predicted molar refractivity (Wildman–Crippen MR) is 133 cm³/mol. The summed E-state index contributed by atoms with van der Waals surface area (Å²) in [4.78, 5) is 14.7. The fourth-order valence-corrected chi connectivity index (χ4v) is 4.57. The molecule has 0 bridgehead atoms. The zero-order chi connectivity index (χ0) is 25.4. The van der Waals surface area contributed by atoms with Crippen molar-refractivity contribution >= 4 is 34.9 Å². The van der Waals surface area contributed by atoms with E-state index in [-0.39, 0.29) is 18.4 Å². The monoisotopic (exact) mass is 534 g/mol. The third-order valence-corrected chi connectivity index (χ3v) is 6.39. The number of hydrogen-bond donors (Lipinski definition) is 1. The SMILES string of the molecule is Cl.Cn1nccc1-c1nnc(N2CCC(NC(=O)c3ccc(F)cc3C(F)(F)F)CC2)c2ccccc12. The molecule has 1 N–H and O–H groups in total. The lowest BCUT2D eigenvalue weighted by molar-refractivity contribution is -0.138. The van der Waals surface area contributed by atoms with E-state index >= 15 is 0 Å². The van der Waals surface area contributed by atoms with Crippen molar-refractivity contribution in [2.75, 3.05) is 18.0 Å². The van der Waals surface area contributed by atoms with Gasteiger partial charge in [0, 0.05) is 43.1 Å². The number of anilines is 1. The number of rotatable bonds is 4. The van der Waals surface area contributed by atoms with Gasteiger partial charge in [-0.25, -0.2) is 4.39 Å². The Kier molecular flexibility index (Phi) is 7.35. The molecule has 0 aliphatic carbocycles. The maximum Gasteiger partial charge on any atom is 0.417 e. The molecule has 194 valence electrons. The predicted octanol–water partition coefficient (Wildman–Crippen LogP) is 5.01. The molecule has 0 saturated carbocycles. The van der Waals surface area contributed by atoms with Crippen LogP contribution in [-0.2, 0) is 13.2 Å². The van der Waals surface area contributed by atoms with Gasteiger partial charge >= 0.3 is 6.18 Å². The van der Waals surface area contributed by atoms with Crippen LogP contribution in [0.15, 0.2) is 54.7 Å². The summed E-state index contributed by atoms with van der Waals surface area (Å²) in [5.41, 5.74) is -0.316. The van der Waals surface area contributed by atoms with Crippen LogP contribution in [0, 0.1) is 5.82 Å². The summed E-state index contributed by atoms with van der Waals surface area (Å²) < 4.78 is 55.0. The van der Waals surface area contributed by atoms with Crippen LogP contribution in [0.5, 0.6) is 0 Å². The molecule has 1 aliphatic heterocycles. The molecule has 1 aliphatic rings. The van der Waals surface area contributed by atoms with E-state index in [9.17, 15) is 22.4 Å². The third kappa shape index (κ3) is 5.22. The number of amides is 1. The summed E-state index contributed by atoms with van der Waals surface area (Å²) in [7, 11) is 1.84. The summed E-state index contributed by atoms with van der Waals surface area (Å²) in [5, 5.41) is 17.7. The first-order chi connectivity index (χ1) is 17.2. The lowest BCUT2D eigenvalue weighted by Gasteiger charge is -2.33. The van der Waals surface area contributed by atoms with Gasteiger partial charge in [0.05, 0.1) is 16.8 Å². The van der Waals surface area contributed by atoms with Gasteiger partial charge in [-0.1, -0.05) is 24.3 Å². The summed E-state index contributed by atoms with van der Waals surface area (Å²) in [6.45, 7) is 1.06. The van der Waals surface area contributed by atoms with Crippen LogP contribution in [0.4, 0.5) is 23.4 Å². The molecule has 5 rings (SSSR count). The average molecular weight is 535 g/mol. The standard InChI is InChI=1S/C25H22F4N6O.ClH/c1-34-21(8-11-30-34)22-17-4-2-3-5-18(17)23(33-32-22)35-12-9-16(10-13-35)31-24(36)19-7-6-15(26)14-20(19)25(27,28)29;/h2-8,11,14,16H,9-10,12-13H2,1H3,(H,31,36);1H. The van der Waals surface area contributed by atoms with Gasteiger partial charge < -0.3 is 10.2 Å². The lowest BCUT2D eigenvalue weighted by atomic mass is 10.0. The first-order valence-corrected chi connectivity index (χ1v) is 11.4. The number of carbonyl (C=O) groups is 1. The summed E-state index contributed by atoms with van der Waals surface area (Å²) in [5.74, 6) is -1.21. The first kappa shape index (κ1) is 26.3. The molecule has 12 heteroatoms. The highest BCUT2D eigenvalue weighted by atomic mass is 35.5. The Hall–Kier alpha value is -3.73. The largest absolute Gasteiger partial charge is 0.417 e. The molecule has 0 spiro atoms. The highest BCUT2D eigenvalue weighted by Crippen LogP contribution is 2.34.